The minimum Gasteiger partial charge on any atom is -0.467 e. The molecule has 0 atom stereocenters. The number of nitrogens with one attached hydrogen (secondary N) is 3. The number of amides is 3. The van der Waals surface area contributed by atoms with Gasteiger partial charge in [-0.15, -0.1) is 0 Å². The van der Waals surface area contributed by atoms with Crippen LogP contribution in [0, 0.1) is 0 Å². The van der Waals surface area contributed by atoms with Crippen molar-refractivity contribution in [2.24, 2.45) is 0 Å². The van der Waals surface area contributed by atoms with Crippen LogP contribution in [0.3, 0.4) is 0 Å². The molecule has 0 bridgehead atoms. The maximum absolute atomic E-state index is 11.5. The number of carbonyl (C=O) groups excluding carboxylic acids is 2. The molecule has 0 fully saturated rings. The molecular weight excluding hydrogens is 314 g/mol. The Morgan fingerprint density at radius 3 is 2.46 bits per heavy atom. The van der Waals surface area contributed by atoms with Crippen LogP contribution in [0.4, 0.5) is 4.79 Å². The molecule has 0 aliphatic carbocycles. The van der Waals surface area contributed by atoms with Gasteiger partial charge in [-0.05, 0) is 30.7 Å². The number of urea groups is 1. The van der Waals surface area contributed by atoms with E-state index in [2.05, 4.69) is 16.0 Å². The minimum absolute atomic E-state index is 0.0957. The van der Waals surface area contributed by atoms with Crippen LogP contribution in [0.2, 0.25) is 0 Å². The predicted molar refractivity (Wildman–Crippen MR) is 84.9 cm³/mol. The van der Waals surface area contributed by atoms with Gasteiger partial charge in [-0.25, -0.2) is 4.79 Å². The largest absolute Gasteiger partial charge is 0.467 e. The fraction of sp³-hybridized carbons (Fsp3) is 0.375. The van der Waals surface area contributed by atoms with Gasteiger partial charge >= 0.3 is 6.03 Å². The van der Waals surface area contributed by atoms with Crippen LogP contribution in [-0.2, 0) is 22.7 Å². The Labute approximate surface area is 139 Å². The molecule has 0 unspecified atom stereocenters. The molecule has 0 radical (unpaired) electrons. The lowest BCUT2D eigenvalue weighted by Crippen LogP contribution is -2.42. The first kappa shape index (κ1) is 17.6. The Balaban J connectivity index is 1.43. The molecule has 0 saturated heterocycles. The van der Waals surface area contributed by atoms with E-state index < -0.39 is 6.03 Å². The summed E-state index contributed by atoms with van der Waals surface area (Å²) >= 11 is 0. The van der Waals surface area contributed by atoms with Gasteiger partial charge in [0.1, 0.15) is 18.1 Å². The van der Waals surface area contributed by atoms with Gasteiger partial charge in [-0.2, -0.15) is 0 Å². The average Bonchev–Trinajstić information content (AvgIpc) is 3.27. The zero-order valence-corrected chi connectivity index (χ0v) is 13.2. The number of hydrogen-bond donors (Lipinski definition) is 3. The summed E-state index contributed by atoms with van der Waals surface area (Å²) in [6.45, 7) is 1.57. The lowest BCUT2D eigenvalue weighted by molar-refractivity contribution is -0.120. The zero-order valence-electron chi connectivity index (χ0n) is 13.2. The molecule has 0 spiro atoms. The fourth-order valence-corrected chi connectivity index (χ4v) is 1.83. The van der Waals surface area contributed by atoms with E-state index in [1.165, 1.54) is 6.26 Å². The van der Waals surface area contributed by atoms with E-state index in [4.69, 9.17) is 13.6 Å². The van der Waals surface area contributed by atoms with Crippen molar-refractivity contribution in [3.63, 3.8) is 0 Å². The topological polar surface area (TPSA) is 106 Å². The summed E-state index contributed by atoms with van der Waals surface area (Å²) in [5.74, 6) is 1.13. The number of furan rings is 2. The highest BCUT2D eigenvalue weighted by Crippen LogP contribution is 2.01. The van der Waals surface area contributed by atoms with Crippen LogP contribution in [-0.4, -0.2) is 31.6 Å². The molecule has 0 aromatic carbocycles. The predicted octanol–water partition coefficient (Wildman–Crippen LogP) is 1.39. The maximum Gasteiger partial charge on any atom is 0.315 e. The molecule has 0 aliphatic heterocycles. The van der Waals surface area contributed by atoms with Crippen molar-refractivity contribution in [2.45, 2.75) is 19.6 Å². The van der Waals surface area contributed by atoms with Gasteiger partial charge in [0, 0.05) is 13.2 Å². The van der Waals surface area contributed by atoms with Gasteiger partial charge in [-0.3, -0.25) is 4.79 Å². The minimum atomic E-state index is -0.394. The van der Waals surface area contributed by atoms with Crippen molar-refractivity contribution >= 4 is 11.9 Å². The second-order valence-electron chi connectivity index (χ2n) is 4.95. The molecule has 2 aromatic rings. The standard InChI is InChI=1S/C16H21N3O5/c20-15(18-10-13-4-1-8-23-13)11-19-16(21)17-6-3-7-22-12-14-5-2-9-24-14/h1-2,4-5,8-9H,3,6-7,10-12H2,(H,18,20)(H2,17,19,21). The van der Waals surface area contributed by atoms with Crippen molar-refractivity contribution in [1.82, 2.24) is 16.0 Å². The third kappa shape index (κ3) is 7.01. The molecule has 2 aromatic heterocycles. The van der Waals surface area contributed by atoms with Gasteiger partial charge in [0.25, 0.3) is 0 Å². The second kappa shape index (κ2) is 10.1. The summed E-state index contributed by atoms with van der Waals surface area (Å²) in [6.07, 6.45) is 3.79. The molecule has 8 nitrogen and oxygen atoms in total. The van der Waals surface area contributed by atoms with Gasteiger partial charge < -0.3 is 29.5 Å². The molecule has 0 saturated carbocycles. The first-order chi connectivity index (χ1) is 11.7. The second-order valence-corrected chi connectivity index (χ2v) is 4.95. The number of ether oxygens (including phenoxy) is 1. The van der Waals surface area contributed by atoms with Gasteiger partial charge in [0.05, 0.1) is 25.6 Å². The Morgan fingerprint density at radius 1 is 1.00 bits per heavy atom. The molecular formula is C16H21N3O5. The maximum atomic E-state index is 11.5. The molecule has 130 valence electrons. The molecule has 24 heavy (non-hydrogen) atoms. The SMILES string of the molecule is O=C(CNC(=O)NCCCOCc1ccco1)NCc1ccco1. The van der Waals surface area contributed by atoms with E-state index in [-0.39, 0.29) is 12.5 Å². The fourth-order valence-electron chi connectivity index (χ4n) is 1.83. The van der Waals surface area contributed by atoms with Crippen molar-refractivity contribution in [2.75, 3.05) is 19.7 Å². The Hall–Kier alpha value is -2.74. The number of carbonyl (C=O) groups is 2. The van der Waals surface area contributed by atoms with Crippen LogP contribution in [0.15, 0.2) is 45.6 Å². The van der Waals surface area contributed by atoms with Crippen molar-refractivity contribution in [1.29, 1.82) is 0 Å². The molecule has 2 rings (SSSR count). The van der Waals surface area contributed by atoms with E-state index in [1.807, 2.05) is 6.07 Å². The quantitative estimate of drug-likeness (QED) is 0.569. The first-order valence-corrected chi connectivity index (χ1v) is 7.65. The monoisotopic (exact) mass is 335 g/mol. The Kier molecular flexibility index (Phi) is 7.42. The molecule has 0 aliphatic rings. The molecule has 3 amide bonds. The lowest BCUT2D eigenvalue weighted by Gasteiger charge is -2.08. The summed E-state index contributed by atoms with van der Waals surface area (Å²) < 4.78 is 15.6. The van der Waals surface area contributed by atoms with E-state index in [0.717, 1.165) is 5.76 Å². The van der Waals surface area contributed by atoms with Gasteiger partial charge in [0.2, 0.25) is 5.91 Å². The number of hydrogen-bond acceptors (Lipinski definition) is 5. The van der Waals surface area contributed by atoms with Crippen LogP contribution < -0.4 is 16.0 Å². The highest BCUT2D eigenvalue weighted by atomic mass is 16.5. The van der Waals surface area contributed by atoms with Crippen molar-refractivity contribution in [3.8, 4) is 0 Å². The molecule has 2 heterocycles. The first-order valence-electron chi connectivity index (χ1n) is 7.65. The molecule has 3 N–H and O–H groups in total. The zero-order chi connectivity index (χ0) is 17.0. The van der Waals surface area contributed by atoms with Crippen molar-refractivity contribution < 1.29 is 23.2 Å². The van der Waals surface area contributed by atoms with Crippen molar-refractivity contribution in [3.05, 3.63) is 48.3 Å². The van der Waals surface area contributed by atoms with Crippen LogP contribution >= 0.6 is 0 Å². The van der Waals surface area contributed by atoms with E-state index >= 15 is 0 Å². The van der Waals surface area contributed by atoms with Gasteiger partial charge in [0.15, 0.2) is 0 Å². The Bertz CT molecular complexity index is 595. The van der Waals surface area contributed by atoms with Crippen LogP contribution in [0.5, 0.6) is 0 Å². The highest BCUT2D eigenvalue weighted by Gasteiger charge is 2.05. The van der Waals surface area contributed by atoms with Crippen LogP contribution in [0.1, 0.15) is 17.9 Å². The molecule has 8 heteroatoms. The van der Waals surface area contributed by atoms with E-state index in [0.29, 0.717) is 38.5 Å². The average molecular weight is 335 g/mol. The number of rotatable bonds is 10. The Morgan fingerprint density at radius 2 is 1.75 bits per heavy atom. The summed E-state index contributed by atoms with van der Waals surface area (Å²) in [4.78, 5) is 23.1. The summed E-state index contributed by atoms with van der Waals surface area (Å²) in [5.41, 5.74) is 0. The lowest BCUT2D eigenvalue weighted by atomic mass is 10.4. The summed E-state index contributed by atoms with van der Waals surface area (Å²) in [7, 11) is 0. The summed E-state index contributed by atoms with van der Waals surface area (Å²) in [5, 5.41) is 7.76. The van der Waals surface area contributed by atoms with E-state index in [9.17, 15) is 9.59 Å². The smallest absolute Gasteiger partial charge is 0.315 e. The van der Waals surface area contributed by atoms with E-state index in [1.54, 1.807) is 24.5 Å². The summed E-state index contributed by atoms with van der Waals surface area (Å²) in [6, 6.07) is 6.74. The van der Waals surface area contributed by atoms with Gasteiger partial charge in [-0.1, -0.05) is 0 Å². The normalized spacial score (nSPS) is 10.3. The van der Waals surface area contributed by atoms with Crippen LogP contribution in [0.25, 0.3) is 0 Å². The highest BCUT2D eigenvalue weighted by molar-refractivity contribution is 5.83. The third-order valence-corrected chi connectivity index (χ3v) is 3.02. The third-order valence-electron chi connectivity index (χ3n) is 3.02.